The average Bonchev–Trinajstić information content (AvgIpc) is 3.31. The number of fused-ring (bicyclic) bond motifs is 2. The van der Waals surface area contributed by atoms with E-state index in [1.165, 1.54) is 30.4 Å². The minimum absolute atomic E-state index is 0.0760. The number of rotatable bonds is 4. The summed E-state index contributed by atoms with van der Waals surface area (Å²) < 4.78 is 45.5. The van der Waals surface area contributed by atoms with E-state index in [1.54, 1.807) is 6.92 Å². The van der Waals surface area contributed by atoms with Gasteiger partial charge in [0, 0.05) is 27.8 Å². The predicted octanol–water partition coefficient (Wildman–Crippen LogP) is 6.62. The van der Waals surface area contributed by atoms with E-state index in [-0.39, 0.29) is 34.3 Å². The number of alkyl halides is 3. The summed E-state index contributed by atoms with van der Waals surface area (Å²) in [4.78, 5) is 30.6. The molecule has 0 aliphatic heterocycles. The Kier molecular flexibility index (Phi) is 5.79. The maximum atomic E-state index is 13.3. The highest BCUT2D eigenvalue weighted by atomic mass is 35.5. The number of esters is 1. The first-order chi connectivity index (χ1) is 15.0. The minimum Gasteiger partial charge on any atom is -0.427 e. The fourth-order valence-corrected chi connectivity index (χ4v) is 5.31. The van der Waals surface area contributed by atoms with Crippen LogP contribution in [0.25, 0.3) is 16.1 Å². The molecule has 32 heavy (non-hydrogen) atoms. The molecule has 1 saturated carbocycles. The van der Waals surface area contributed by atoms with Crippen molar-refractivity contribution in [1.29, 1.82) is 0 Å². The number of ether oxygens (including phenoxy) is 1. The zero-order valence-electron chi connectivity index (χ0n) is 17.3. The third-order valence-electron chi connectivity index (χ3n) is 5.77. The molecule has 4 rings (SSSR count). The van der Waals surface area contributed by atoms with Crippen LogP contribution in [-0.4, -0.2) is 16.7 Å². The number of ketones is 1. The number of hydrogen-bond donors (Lipinski definition) is 0. The largest absolute Gasteiger partial charge is 0.427 e. The molecule has 1 aromatic carbocycles. The smallest absolute Gasteiger partial charge is 0.417 e. The average molecular weight is 482 g/mol. The third kappa shape index (κ3) is 4.01. The Balaban J connectivity index is 1.82. The van der Waals surface area contributed by atoms with Crippen molar-refractivity contribution in [2.45, 2.75) is 39.3 Å². The first kappa shape index (κ1) is 22.7. The van der Waals surface area contributed by atoms with Crippen LogP contribution in [0.2, 0.25) is 5.02 Å². The van der Waals surface area contributed by atoms with E-state index in [1.807, 2.05) is 0 Å². The van der Waals surface area contributed by atoms with Gasteiger partial charge in [0.15, 0.2) is 5.78 Å². The number of aromatic nitrogens is 1. The van der Waals surface area contributed by atoms with Gasteiger partial charge in [0.05, 0.1) is 21.9 Å². The Hall–Kier alpha value is -2.45. The molecule has 0 spiro atoms. The number of thiazole rings is 1. The van der Waals surface area contributed by atoms with Crippen molar-refractivity contribution < 1.29 is 27.5 Å². The molecular weight excluding hydrogens is 463 g/mol. The second-order valence-electron chi connectivity index (χ2n) is 8.10. The van der Waals surface area contributed by atoms with Crippen LogP contribution in [0.1, 0.15) is 42.3 Å². The van der Waals surface area contributed by atoms with Gasteiger partial charge in [-0.1, -0.05) is 24.2 Å². The molecule has 0 saturated heterocycles. The monoisotopic (exact) mass is 481 g/mol. The van der Waals surface area contributed by atoms with E-state index in [9.17, 15) is 22.8 Å². The number of Topliss-reactive ketones (excluding diaryl/α,β-unsaturated/α-hetero) is 1. The SMILES string of the molecule is C=C(C)C(=O)OC1=C(c2nc(-c3ccc(Cl)c(C(F)(F)F)c3)sc2C)C(=O)[C@@H]2CC[C@H]1C2. The summed E-state index contributed by atoms with van der Waals surface area (Å²) in [5.41, 5.74) is 0.102. The van der Waals surface area contributed by atoms with Gasteiger partial charge in [0.25, 0.3) is 0 Å². The van der Waals surface area contributed by atoms with Gasteiger partial charge < -0.3 is 4.74 Å². The number of nitrogens with zero attached hydrogens (tertiary/aromatic N) is 1. The molecule has 1 heterocycles. The van der Waals surface area contributed by atoms with Crippen molar-refractivity contribution in [3.05, 3.63) is 57.3 Å². The van der Waals surface area contributed by atoms with Crippen molar-refractivity contribution in [1.82, 2.24) is 4.98 Å². The topological polar surface area (TPSA) is 56.3 Å². The highest BCUT2D eigenvalue weighted by Crippen LogP contribution is 2.48. The number of halogens is 4. The van der Waals surface area contributed by atoms with Crippen molar-refractivity contribution in [3.63, 3.8) is 0 Å². The Morgan fingerprint density at radius 1 is 1.28 bits per heavy atom. The van der Waals surface area contributed by atoms with Gasteiger partial charge in [-0.3, -0.25) is 4.79 Å². The molecule has 0 amide bonds. The number of hydrogen-bond acceptors (Lipinski definition) is 5. The van der Waals surface area contributed by atoms with Gasteiger partial charge >= 0.3 is 12.1 Å². The second-order valence-corrected chi connectivity index (χ2v) is 9.71. The molecule has 4 nitrogen and oxygen atoms in total. The van der Waals surface area contributed by atoms with Gasteiger partial charge in [0.1, 0.15) is 10.8 Å². The third-order valence-corrected chi connectivity index (χ3v) is 7.12. The summed E-state index contributed by atoms with van der Waals surface area (Å²) >= 11 is 6.91. The van der Waals surface area contributed by atoms with Crippen molar-refractivity contribution in [2.24, 2.45) is 11.8 Å². The van der Waals surface area contributed by atoms with Gasteiger partial charge in [-0.25, -0.2) is 9.78 Å². The van der Waals surface area contributed by atoms with Crippen LogP contribution >= 0.6 is 22.9 Å². The van der Waals surface area contributed by atoms with Gasteiger partial charge in [-0.05, 0) is 45.2 Å². The first-order valence-corrected chi connectivity index (χ1v) is 11.2. The van der Waals surface area contributed by atoms with E-state index >= 15 is 0 Å². The molecule has 0 unspecified atom stereocenters. The number of carbonyl (C=O) groups excluding carboxylic acids is 2. The van der Waals surface area contributed by atoms with Crippen LogP contribution in [-0.2, 0) is 20.5 Å². The fraction of sp³-hybridized carbons (Fsp3) is 0.348. The summed E-state index contributed by atoms with van der Waals surface area (Å²) in [7, 11) is 0. The molecule has 2 bridgehead atoms. The molecule has 2 aromatic rings. The van der Waals surface area contributed by atoms with Crippen molar-refractivity contribution in [2.75, 3.05) is 0 Å². The number of carbonyl (C=O) groups is 2. The number of allylic oxidation sites excluding steroid dienone is 2. The van der Waals surface area contributed by atoms with Gasteiger partial charge in [-0.2, -0.15) is 13.2 Å². The van der Waals surface area contributed by atoms with Crippen LogP contribution < -0.4 is 0 Å². The molecule has 2 atom stereocenters. The lowest BCUT2D eigenvalue weighted by atomic mass is 9.85. The molecule has 0 N–H and O–H groups in total. The molecule has 2 aliphatic carbocycles. The fourth-order valence-electron chi connectivity index (χ4n) is 4.17. The molecule has 0 radical (unpaired) electrons. The second kappa shape index (κ2) is 8.15. The normalized spacial score (nSPS) is 20.6. The lowest BCUT2D eigenvalue weighted by molar-refractivity contribution is -0.137. The molecule has 1 fully saturated rings. The molecular formula is C23H19ClF3NO3S. The summed E-state index contributed by atoms with van der Waals surface area (Å²) in [6.07, 6.45) is -2.57. The minimum atomic E-state index is -4.60. The summed E-state index contributed by atoms with van der Waals surface area (Å²) in [5, 5.41) is -0.0750. The standard InChI is InChI=1S/C23H19ClF3NO3S/c1-10(2)22(30)31-20-13-5-4-12(8-13)19(29)17(20)18-11(3)32-21(28-18)14-6-7-16(24)15(9-14)23(25,26)27/h6-7,9,12-13H,1,4-5,8H2,2-3H3/t12-,13+/m1/s1. The van der Waals surface area contributed by atoms with Gasteiger partial charge in [-0.15, -0.1) is 11.3 Å². The Morgan fingerprint density at radius 2 is 1.97 bits per heavy atom. The predicted molar refractivity (Wildman–Crippen MR) is 116 cm³/mol. The van der Waals surface area contributed by atoms with Crippen LogP contribution in [0.5, 0.6) is 0 Å². The van der Waals surface area contributed by atoms with Crippen LogP contribution in [0.4, 0.5) is 13.2 Å². The van der Waals surface area contributed by atoms with E-state index in [0.717, 1.165) is 12.5 Å². The maximum absolute atomic E-state index is 13.3. The quantitative estimate of drug-likeness (QED) is 0.363. The van der Waals surface area contributed by atoms with Crippen molar-refractivity contribution >= 4 is 40.3 Å². The lowest BCUT2D eigenvalue weighted by Gasteiger charge is -2.24. The van der Waals surface area contributed by atoms with Crippen LogP contribution in [0.15, 0.2) is 36.1 Å². The molecule has 168 valence electrons. The van der Waals surface area contributed by atoms with Crippen molar-refractivity contribution in [3.8, 4) is 10.6 Å². The summed E-state index contributed by atoms with van der Waals surface area (Å²) in [6, 6.07) is 3.59. The first-order valence-electron chi connectivity index (χ1n) is 9.98. The van der Waals surface area contributed by atoms with E-state index in [2.05, 4.69) is 11.6 Å². The lowest BCUT2D eigenvalue weighted by Crippen LogP contribution is -2.24. The Morgan fingerprint density at radius 3 is 2.62 bits per heavy atom. The molecule has 9 heteroatoms. The Labute approximate surface area is 191 Å². The zero-order chi connectivity index (χ0) is 23.4. The van der Waals surface area contributed by atoms with E-state index in [4.69, 9.17) is 16.3 Å². The number of benzene rings is 1. The van der Waals surface area contributed by atoms with Gasteiger partial charge in [0.2, 0.25) is 0 Å². The summed E-state index contributed by atoms with van der Waals surface area (Å²) in [6.45, 7) is 6.86. The molecule has 1 aromatic heterocycles. The van der Waals surface area contributed by atoms with Crippen LogP contribution in [0, 0.1) is 18.8 Å². The zero-order valence-corrected chi connectivity index (χ0v) is 18.9. The molecule has 2 aliphatic rings. The number of aryl methyl sites for hydroxylation is 1. The van der Waals surface area contributed by atoms with Crippen LogP contribution in [0.3, 0.4) is 0 Å². The highest BCUT2D eigenvalue weighted by molar-refractivity contribution is 7.15. The Bertz CT molecular complexity index is 1180. The summed E-state index contributed by atoms with van der Waals surface area (Å²) in [5.74, 6) is -0.706. The highest BCUT2D eigenvalue weighted by Gasteiger charge is 2.44. The maximum Gasteiger partial charge on any atom is 0.417 e. The van der Waals surface area contributed by atoms with E-state index in [0.29, 0.717) is 34.2 Å². The van der Waals surface area contributed by atoms with E-state index < -0.39 is 22.7 Å².